The van der Waals surface area contributed by atoms with Gasteiger partial charge in [0, 0.05) is 5.56 Å². The van der Waals surface area contributed by atoms with Crippen molar-refractivity contribution in [2.24, 2.45) is 0 Å². The average Bonchev–Trinajstić information content (AvgIpc) is 2.37. The minimum Gasteiger partial charge on any atom is -0.207 e. The van der Waals surface area contributed by atoms with E-state index in [1.54, 1.807) is 26.0 Å². The molecule has 0 amide bonds. The van der Waals surface area contributed by atoms with Crippen molar-refractivity contribution in [1.29, 1.82) is 0 Å². The van der Waals surface area contributed by atoms with Crippen molar-refractivity contribution in [1.82, 2.24) is 0 Å². The van der Waals surface area contributed by atoms with Crippen LogP contribution in [0.1, 0.15) is 22.3 Å². The van der Waals surface area contributed by atoms with Crippen molar-refractivity contribution in [2.45, 2.75) is 26.7 Å². The monoisotopic (exact) mass is 262 g/mol. The van der Waals surface area contributed by atoms with Gasteiger partial charge in [-0.05, 0) is 60.6 Å². The predicted molar refractivity (Wildman–Crippen MR) is 68.6 cm³/mol. The van der Waals surface area contributed by atoms with E-state index in [4.69, 9.17) is 0 Å². The summed E-state index contributed by atoms with van der Waals surface area (Å²) < 4.78 is 41.6. The first-order chi connectivity index (χ1) is 8.99. The van der Waals surface area contributed by atoms with Gasteiger partial charge in [0.1, 0.15) is 5.82 Å². The van der Waals surface area contributed by atoms with Crippen LogP contribution < -0.4 is 0 Å². The first kappa shape index (κ1) is 12.3. The van der Waals surface area contributed by atoms with Crippen LogP contribution >= 0.6 is 0 Å². The zero-order chi connectivity index (χ0) is 13.7. The number of hydrogen-bond acceptors (Lipinski definition) is 0. The number of benzene rings is 2. The van der Waals surface area contributed by atoms with E-state index in [-0.39, 0.29) is 11.4 Å². The molecule has 0 heterocycles. The van der Waals surface area contributed by atoms with E-state index < -0.39 is 11.6 Å². The molecule has 0 fully saturated rings. The molecule has 0 nitrogen and oxygen atoms in total. The Morgan fingerprint density at radius 3 is 2.16 bits per heavy atom. The van der Waals surface area contributed by atoms with Gasteiger partial charge in [-0.1, -0.05) is 12.1 Å². The average molecular weight is 262 g/mol. The molecule has 0 aromatic heterocycles. The largest absolute Gasteiger partial charge is 0.207 e. The van der Waals surface area contributed by atoms with Crippen molar-refractivity contribution >= 4 is 0 Å². The summed E-state index contributed by atoms with van der Waals surface area (Å²) in [5.74, 6) is -2.08. The molecule has 3 rings (SSSR count). The van der Waals surface area contributed by atoms with Crippen LogP contribution in [0.3, 0.4) is 0 Å². The highest BCUT2D eigenvalue weighted by Gasteiger charge is 2.24. The Balaban J connectivity index is 2.35. The topological polar surface area (TPSA) is 0 Å². The molecule has 0 radical (unpaired) electrons. The third-order valence-corrected chi connectivity index (χ3v) is 3.79. The van der Waals surface area contributed by atoms with Crippen LogP contribution in [0.5, 0.6) is 0 Å². The van der Waals surface area contributed by atoms with Crippen LogP contribution in [-0.4, -0.2) is 0 Å². The fourth-order valence-electron chi connectivity index (χ4n) is 2.76. The van der Waals surface area contributed by atoms with Gasteiger partial charge >= 0.3 is 0 Å². The van der Waals surface area contributed by atoms with Gasteiger partial charge in [-0.2, -0.15) is 0 Å². The van der Waals surface area contributed by atoms with Crippen LogP contribution in [0.25, 0.3) is 11.1 Å². The summed E-state index contributed by atoms with van der Waals surface area (Å²) in [6.45, 7) is 3.22. The highest BCUT2D eigenvalue weighted by Crippen LogP contribution is 2.38. The van der Waals surface area contributed by atoms with E-state index in [0.29, 0.717) is 23.1 Å². The SMILES string of the molecule is Cc1cc2c(cc1F)-c1c(cc(C)c(F)c1F)CC2. The Morgan fingerprint density at radius 2 is 1.42 bits per heavy atom. The van der Waals surface area contributed by atoms with E-state index in [1.165, 1.54) is 6.07 Å². The van der Waals surface area contributed by atoms with Crippen molar-refractivity contribution in [2.75, 3.05) is 0 Å². The molecule has 2 aromatic rings. The molecule has 0 spiro atoms. The van der Waals surface area contributed by atoms with E-state index in [2.05, 4.69) is 0 Å². The van der Waals surface area contributed by atoms with Gasteiger partial charge < -0.3 is 0 Å². The number of fused-ring (bicyclic) bond motifs is 3. The lowest BCUT2D eigenvalue weighted by Gasteiger charge is -2.22. The second-order valence-corrected chi connectivity index (χ2v) is 5.11. The summed E-state index contributed by atoms with van der Waals surface area (Å²) in [6.07, 6.45) is 1.39. The molecule has 98 valence electrons. The summed E-state index contributed by atoms with van der Waals surface area (Å²) in [4.78, 5) is 0. The quantitative estimate of drug-likeness (QED) is 0.656. The molecule has 3 heteroatoms. The molecule has 0 aliphatic heterocycles. The maximum atomic E-state index is 14.2. The van der Waals surface area contributed by atoms with E-state index in [9.17, 15) is 13.2 Å². The lowest BCUT2D eigenvalue weighted by molar-refractivity contribution is 0.503. The van der Waals surface area contributed by atoms with Gasteiger partial charge in [-0.15, -0.1) is 0 Å². The third-order valence-electron chi connectivity index (χ3n) is 3.79. The van der Waals surface area contributed by atoms with Crippen LogP contribution in [0, 0.1) is 31.3 Å². The predicted octanol–water partition coefficient (Wildman–Crippen LogP) is 4.49. The van der Waals surface area contributed by atoms with Crippen molar-refractivity contribution < 1.29 is 13.2 Å². The normalized spacial score (nSPS) is 13.1. The van der Waals surface area contributed by atoms with Gasteiger partial charge in [-0.25, -0.2) is 13.2 Å². The maximum absolute atomic E-state index is 14.2. The summed E-state index contributed by atoms with van der Waals surface area (Å²) in [6, 6.07) is 4.71. The second kappa shape index (κ2) is 4.12. The fourth-order valence-corrected chi connectivity index (χ4v) is 2.76. The number of hydrogen-bond donors (Lipinski definition) is 0. The lowest BCUT2D eigenvalue weighted by Crippen LogP contribution is -2.09. The Kier molecular flexibility index (Phi) is 2.66. The zero-order valence-corrected chi connectivity index (χ0v) is 10.8. The molecule has 0 bridgehead atoms. The Hall–Kier alpha value is -1.77. The maximum Gasteiger partial charge on any atom is 0.167 e. The Morgan fingerprint density at radius 1 is 0.789 bits per heavy atom. The van der Waals surface area contributed by atoms with Crippen LogP contribution in [0.15, 0.2) is 18.2 Å². The van der Waals surface area contributed by atoms with Crippen LogP contribution in [0.4, 0.5) is 13.2 Å². The Labute approximate surface area is 109 Å². The van der Waals surface area contributed by atoms with Gasteiger partial charge in [-0.3, -0.25) is 0 Å². The van der Waals surface area contributed by atoms with Crippen molar-refractivity contribution in [3.05, 3.63) is 57.9 Å². The highest BCUT2D eigenvalue weighted by atomic mass is 19.2. The van der Waals surface area contributed by atoms with Crippen LogP contribution in [0.2, 0.25) is 0 Å². The minimum absolute atomic E-state index is 0.225. The molecule has 19 heavy (non-hydrogen) atoms. The van der Waals surface area contributed by atoms with E-state index >= 15 is 0 Å². The molecule has 0 atom stereocenters. The molecule has 0 saturated heterocycles. The Bertz CT molecular complexity index is 687. The smallest absolute Gasteiger partial charge is 0.167 e. The van der Waals surface area contributed by atoms with Gasteiger partial charge in [0.25, 0.3) is 0 Å². The second-order valence-electron chi connectivity index (χ2n) is 5.11. The van der Waals surface area contributed by atoms with Crippen LogP contribution in [-0.2, 0) is 12.8 Å². The molecule has 0 unspecified atom stereocenters. The number of halogens is 3. The van der Waals surface area contributed by atoms with Gasteiger partial charge in [0.15, 0.2) is 11.6 Å². The van der Waals surface area contributed by atoms with Crippen molar-refractivity contribution in [3.8, 4) is 11.1 Å². The molecular formula is C16H13F3. The molecule has 0 N–H and O–H groups in total. The highest BCUT2D eigenvalue weighted by molar-refractivity contribution is 5.74. The summed E-state index contributed by atoms with van der Waals surface area (Å²) in [5, 5.41) is 0. The summed E-state index contributed by atoms with van der Waals surface area (Å²) in [7, 11) is 0. The van der Waals surface area contributed by atoms with E-state index in [1.807, 2.05) is 0 Å². The zero-order valence-electron chi connectivity index (χ0n) is 10.8. The first-order valence-electron chi connectivity index (χ1n) is 6.26. The molecule has 0 saturated carbocycles. The molecular weight excluding hydrogens is 249 g/mol. The third kappa shape index (κ3) is 1.76. The summed E-state index contributed by atoms with van der Waals surface area (Å²) >= 11 is 0. The van der Waals surface area contributed by atoms with Gasteiger partial charge in [0.05, 0.1) is 0 Å². The van der Waals surface area contributed by atoms with Gasteiger partial charge in [0.2, 0.25) is 0 Å². The number of rotatable bonds is 0. The van der Waals surface area contributed by atoms with Crippen molar-refractivity contribution in [3.63, 3.8) is 0 Å². The standard InChI is InChI=1S/C16H13F3/c1-8-5-10-3-4-11-6-9(2)15(18)16(19)14(11)12(10)7-13(8)17/h5-7H,3-4H2,1-2H3. The minimum atomic E-state index is -0.862. The molecule has 2 aromatic carbocycles. The summed E-state index contributed by atoms with van der Waals surface area (Å²) in [5.41, 5.74) is 3.19. The lowest BCUT2D eigenvalue weighted by atomic mass is 9.83. The fraction of sp³-hybridized carbons (Fsp3) is 0.250. The molecule has 1 aliphatic carbocycles. The number of aryl methyl sites for hydroxylation is 4. The molecule has 1 aliphatic rings. The van der Waals surface area contributed by atoms with E-state index in [0.717, 1.165) is 17.5 Å². The first-order valence-corrected chi connectivity index (χ1v) is 6.26.